The average Bonchev–Trinajstić information content (AvgIpc) is 2.63. The maximum atomic E-state index is 11.2. The minimum Gasteiger partial charge on any atom is -0.364 e. The highest BCUT2D eigenvalue weighted by Crippen LogP contribution is 2.14. The second kappa shape index (κ2) is 3.81. The molecule has 4 nitrogen and oxygen atoms in total. The molecular weight excluding hydrogens is 202 g/mol. The van der Waals surface area contributed by atoms with Gasteiger partial charge in [0.15, 0.2) is 0 Å². The molecule has 2 aromatic rings. The molecule has 0 radical (unpaired) electrons. The molecule has 4 heteroatoms. The van der Waals surface area contributed by atoms with Gasteiger partial charge in [-0.05, 0) is 43.2 Å². The largest absolute Gasteiger partial charge is 0.364 e. The first-order valence-electron chi connectivity index (χ1n) is 5.00. The zero-order valence-electron chi connectivity index (χ0n) is 9.27. The SMILES string of the molecule is Cc1cc(C)cc(-n2nccc2C(N)=O)c1. The summed E-state index contributed by atoms with van der Waals surface area (Å²) < 4.78 is 1.56. The molecular formula is C12H13N3O. The number of carbonyl (C=O) groups is 1. The summed E-state index contributed by atoms with van der Waals surface area (Å²) in [5.74, 6) is -0.475. The first kappa shape index (κ1) is 10.4. The maximum Gasteiger partial charge on any atom is 0.267 e. The summed E-state index contributed by atoms with van der Waals surface area (Å²) in [4.78, 5) is 11.2. The molecule has 16 heavy (non-hydrogen) atoms. The molecule has 82 valence electrons. The van der Waals surface area contributed by atoms with Crippen molar-refractivity contribution in [1.29, 1.82) is 0 Å². The number of aryl methyl sites for hydroxylation is 2. The summed E-state index contributed by atoms with van der Waals surface area (Å²) in [5.41, 5.74) is 8.78. The van der Waals surface area contributed by atoms with E-state index in [9.17, 15) is 4.79 Å². The fourth-order valence-corrected chi connectivity index (χ4v) is 1.77. The van der Waals surface area contributed by atoms with E-state index < -0.39 is 5.91 Å². The molecule has 0 spiro atoms. The van der Waals surface area contributed by atoms with Crippen LogP contribution in [0.1, 0.15) is 21.6 Å². The van der Waals surface area contributed by atoms with Crippen molar-refractivity contribution in [3.63, 3.8) is 0 Å². The summed E-state index contributed by atoms with van der Waals surface area (Å²) in [7, 11) is 0. The molecule has 0 fully saturated rings. The van der Waals surface area contributed by atoms with Gasteiger partial charge in [0.2, 0.25) is 0 Å². The fraction of sp³-hybridized carbons (Fsp3) is 0.167. The van der Waals surface area contributed by atoms with Gasteiger partial charge in [-0.1, -0.05) is 6.07 Å². The smallest absolute Gasteiger partial charge is 0.267 e. The second-order valence-electron chi connectivity index (χ2n) is 3.84. The monoisotopic (exact) mass is 215 g/mol. The fourth-order valence-electron chi connectivity index (χ4n) is 1.77. The van der Waals surface area contributed by atoms with Gasteiger partial charge in [-0.25, -0.2) is 4.68 Å². The van der Waals surface area contributed by atoms with Crippen LogP contribution >= 0.6 is 0 Å². The molecule has 0 aliphatic carbocycles. The van der Waals surface area contributed by atoms with Crippen LogP contribution in [0.5, 0.6) is 0 Å². The van der Waals surface area contributed by atoms with E-state index in [2.05, 4.69) is 11.2 Å². The molecule has 0 atom stereocenters. The lowest BCUT2D eigenvalue weighted by atomic mass is 10.1. The minimum absolute atomic E-state index is 0.394. The summed E-state index contributed by atoms with van der Waals surface area (Å²) in [6, 6.07) is 7.61. The predicted molar refractivity (Wildman–Crippen MR) is 61.6 cm³/mol. The molecule has 1 amide bonds. The Morgan fingerprint density at radius 2 is 1.88 bits per heavy atom. The second-order valence-corrected chi connectivity index (χ2v) is 3.84. The van der Waals surface area contributed by atoms with Gasteiger partial charge in [0.1, 0.15) is 5.69 Å². The summed E-state index contributed by atoms with van der Waals surface area (Å²) in [6.07, 6.45) is 1.57. The molecule has 0 aliphatic rings. The van der Waals surface area contributed by atoms with Crippen LogP contribution < -0.4 is 5.73 Å². The standard InChI is InChI=1S/C12H13N3O/c1-8-5-9(2)7-10(6-8)15-11(12(13)16)3-4-14-15/h3-7H,1-2H3,(H2,13,16). The number of benzene rings is 1. The zero-order chi connectivity index (χ0) is 11.7. The minimum atomic E-state index is -0.475. The van der Waals surface area contributed by atoms with E-state index in [0.717, 1.165) is 16.8 Å². The molecule has 0 unspecified atom stereocenters. The zero-order valence-corrected chi connectivity index (χ0v) is 9.27. The van der Waals surface area contributed by atoms with Crippen molar-refractivity contribution in [3.05, 3.63) is 47.3 Å². The van der Waals surface area contributed by atoms with Crippen molar-refractivity contribution in [1.82, 2.24) is 9.78 Å². The number of carbonyl (C=O) groups excluding carboxylic acids is 1. The molecule has 2 N–H and O–H groups in total. The molecule has 0 saturated carbocycles. The van der Waals surface area contributed by atoms with Crippen molar-refractivity contribution in [2.45, 2.75) is 13.8 Å². The molecule has 0 saturated heterocycles. The Labute approximate surface area is 93.7 Å². The van der Waals surface area contributed by atoms with Gasteiger partial charge in [0, 0.05) is 0 Å². The molecule has 1 heterocycles. The highest BCUT2D eigenvalue weighted by atomic mass is 16.1. The van der Waals surface area contributed by atoms with E-state index in [1.165, 1.54) is 0 Å². The topological polar surface area (TPSA) is 60.9 Å². The van der Waals surface area contributed by atoms with Crippen molar-refractivity contribution in [2.75, 3.05) is 0 Å². The van der Waals surface area contributed by atoms with Crippen LogP contribution in [0.25, 0.3) is 5.69 Å². The molecule has 0 aliphatic heterocycles. The van der Waals surface area contributed by atoms with Gasteiger partial charge >= 0.3 is 0 Å². The number of hydrogen-bond acceptors (Lipinski definition) is 2. The van der Waals surface area contributed by atoms with E-state index in [1.54, 1.807) is 16.9 Å². The van der Waals surface area contributed by atoms with Gasteiger partial charge in [-0.3, -0.25) is 4.79 Å². The van der Waals surface area contributed by atoms with Crippen LogP contribution in [0.2, 0.25) is 0 Å². The summed E-state index contributed by atoms with van der Waals surface area (Å²) >= 11 is 0. The van der Waals surface area contributed by atoms with Crippen LogP contribution in [0.3, 0.4) is 0 Å². The first-order chi connectivity index (χ1) is 7.58. The van der Waals surface area contributed by atoms with Crippen LogP contribution in [0.4, 0.5) is 0 Å². The number of nitrogens with zero attached hydrogens (tertiary/aromatic N) is 2. The quantitative estimate of drug-likeness (QED) is 0.826. The van der Waals surface area contributed by atoms with Gasteiger partial charge in [0.25, 0.3) is 5.91 Å². The third-order valence-electron chi connectivity index (χ3n) is 2.35. The van der Waals surface area contributed by atoms with Gasteiger partial charge in [-0.15, -0.1) is 0 Å². The lowest BCUT2D eigenvalue weighted by Gasteiger charge is -2.07. The highest BCUT2D eigenvalue weighted by molar-refractivity contribution is 5.91. The number of amides is 1. The van der Waals surface area contributed by atoms with Crippen molar-refractivity contribution in [2.24, 2.45) is 5.73 Å². The lowest BCUT2D eigenvalue weighted by Crippen LogP contribution is -2.16. The summed E-state index contributed by atoms with van der Waals surface area (Å²) in [5, 5.41) is 4.11. The van der Waals surface area contributed by atoms with Crippen molar-refractivity contribution >= 4 is 5.91 Å². The Kier molecular flexibility index (Phi) is 2.48. The van der Waals surface area contributed by atoms with Gasteiger partial charge in [0.05, 0.1) is 11.9 Å². The van der Waals surface area contributed by atoms with E-state index in [0.29, 0.717) is 5.69 Å². The number of hydrogen-bond donors (Lipinski definition) is 1. The van der Waals surface area contributed by atoms with Crippen LogP contribution in [-0.4, -0.2) is 15.7 Å². The van der Waals surface area contributed by atoms with Crippen LogP contribution in [0.15, 0.2) is 30.5 Å². The number of nitrogens with two attached hydrogens (primary N) is 1. The number of aromatic nitrogens is 2. The molecule has 0 bridgehead atoms. The van der Waals surface area contributed by atoms with Crippen LogP contribution in [0, 0.1) is 13.8 Å². The average molecular weight is 215 g/mol. The lowest BCUT2D eigenvalue weighted by molar-refractivity contribution is 0.0993. The third-order valence-corrected chi connectivity index (χ3v) is 2.35. The molecule has 1 aromatic heterocycles. The Balaban J connectivity index is 2.58. The molecule has 2 rings (SSSR count). The van der Waals surface area contributed by atoms with Crippen molar-refractivity contribution in [3.8, 4) is 5.69 Å². The number of primary amides is 1. The first-order valence-corrected chi connectivity index (χ1v) is 5.00. The normalized spacial score (nSPS) is 10.4. The Morgan fingerprint density at radius 1 is 1.25 bits per heavy atom. The van der Waals surface area contributed by atoms with Gasteiger partial charge in [-0.2, -0.15) is 5.10 Å². The van der Waals surface area contributed by atoms with E-state index >= 15 is 0 Å². The van der Waals surface area contributed by atoms with E-state index in [4.69, 9.17) is 5.73 Å². The van der Waals surface area contributed by atoms with Gasteiger partial charge < -0.3 is 5.73 Å². The summed E-state index contributed by atoms with van der Waals surface area (Å²) in [6.45, 7) is 4.01. The van der Waals surface area contributed by atoms with Crippen molar-refractivity contribution < 1.29 is 4.79 Å². The predicted octanol–water partition coefficient (Wildman–Crippen LogP) is 1.59. The Morgan fingerprint density at radius 3 is 2.44 bits per heavy atom. The van der Waals surface area contributed by atoms with E-state index in [1.807, 2.05) is 26.0 Å². The Hall–Kier alpha value is -2.10. The van der Waals surface area contributed by atoms with E-state index in [-0.39, 0.29) is 0 Å². The Bertz CT molecular complexity index is 523. The maximum absolute atomic E-state index is 11.2. The highest BCUT2D eigenvalue weighted by Gasteiger charge is 2.10. The number of rotatable bonds is 2. The third kappa shape index (κ3) is 1.82. The molecule has 1 aromatic carbocycles. The van der Waals surface area contributed by atoms with Crippen LogP contribution in [-0.2, 0) is 0 Å².